The van der Waals surface area contributed by atoms with Gasteiger partial charge in [-0.15, -0.1) is 26.3 Å². The lowest BCUT2D eigenvalue weighted by Gasteiger charge is -2.18. The van der Waals surface area contributed by atoms with Gasteiger partial charge in [0.15, 0.2) is 27.2 Å². The van der Waals surface area contributed by atoms with Gasteiger partial charge in [0.05, 0.1) is 81.3 Å². The minimum absolute atomic E-state index is 0. The molecule has 32 heteroatoms. The third kappa shape index (κ3) is 76.0. The van der Waals surface area contributed by atoms with E-state index in [0.717, 1.165) is 67.0 Å². The molecule has 0 aliphatic carbocycles. The molecule has 0 aliphatic heterocycles. The molecule has 0 heterocycles. The Kier molecular flexibility index (Phi) is 93.8. The molecule has 28 nitrogen and oxygen atoms in total. The summed E-state index contributed by atoms with van der Waals surface area (Å²) in [6.45, 7) is 24.2. The number of rotatable bonds is 71. The summed E-state index contributed by atoms with van der Waals surface area (Å²) in [5.74, 6) is 2.84. The molecule has 0 N–H and O–H groups in total. The van der Waals surface area contributed by atoms with Crippen LogP contribution in [-0.4, -0.2) is 193 Å². The lowest BCUT2D eigenvalue weighted by atomic mass is 10.0. The van der Waals surface area contributed by atoms with Crippen LogP contribution in [0.15, 0.2) is 148 Å². The second kappa shape index (κ2) is 86.9. The van der Waals surface area contributed by atoms with Crippen molar-refractivity contribution < 1.29 is 124 Å². The van der Waals surface area contributed by atoms with Crippen LogP contribution in [0, 0.1) is 0 Å². The Bertz CT molecular complexity index is 3480. The van der Waals surface area contributed by atoms with Crippen LogP contribution in [0.25, 0.3) is 0 Å². The summed E-state index contributed by atoms with van der Waals surface area (Å²) in [6, 6.07) is 31.8. The van der Waals surface area contributed by atoms with E-state index in [0.29, 0.717) is 49.4 Å². The van der Waals surface area contributed by atoms with Crippen LogP contribution >= 0.6 is 0 Å². The molecule has 4 unspecified atom stereocenters. The molecule has 4 atom stereocenters. The predicted octanol–water partition coefficient (Wildman–Crippen LogP) is 20.8. The van der Waals surface area contributed by atoms with Gasteiger partial charge >= 0.3 is 41.6 Å². The number of hydrogen-bond acceptors (Lipinski definition) is 28. The van der Waals surface area contributed by atoms with Crippen molar-refractivity contribution in [3.05, 3.63) is 170 Å². The van der Waals surface area contributed by atoms with Gasteiger partial charge in [0, 0.05) is 0 Å². The summed E-state index contributed by atoms with van der Waals surface area (Å²) < 4.78 is 190. The molecule has 722 valence electrons. The fourth-order valence-electron chi connectivity index (χ4n) is 9.93. The molecule has 0 saturated carbocycles. The van der Waals surface area contributed by atoms with Crippen LogP contribution in [0.2, 0.25) is 0 Å². The Morgan fingerprint density at radius 2 is 0.439 bits per heavy atom. The van der Waals surface area contributed by atoms with Gasteiger partial charge in [0.2, 0.25) is 0 Å². The lowest BCUT2D eigenvalue weighted by Crippen LogP contribution is -2.29. The Morgan fingerprint density at radius 1 is 0.260 bits per heavy atom. The van der Waals surface area contributed by atoms with Crippen molar-refractivity contribution in [2.24, 2.45) is 0 Å². The van der Waals surface area contributed by atoms with Crippen molar-refractivity contribution in [1.29, 1.82) is 0 Å². The van der Waals surface area contributed by atoms with E-state index in [2.05, 4.69) is 124 Å². The highest BCUT2D eigenvalue weighted by molar-refractivity contribution is 7.82. The summed E-state index contributed by atoms with van der Waals surface area (Å²) in [5.41, 5.74) is 5.13. The van der Waals surface area contributed by atoms with Gasteiger partial charge < -0.3 is 56.8 Å². The summed E-state index contributed by atoms with van der Waals surface area (Å²) in [7, 11) is -12.1. The largest absolute Gasteiger partial charge is 0.491 e. The molecule has 4 rings (SSSR count). The minimum atomic E-state index is -4.05. The molecule has 4 aromatic rings. The molecule has 0 aliphatic rings. The Balaban J connectivity index is -0.000000234. The van der Waals surface area contributed by atoms with Crippen LogP contribution in [0.4, 0.5) is 0 Å². The number of ether oxygens (including phenoxy) is 12. The van der Waals surface area contributed by atoms with Crippen molar-refractivity contribution in [3.63, 3.8) is 0 Å². The molecule has 0 aromatic heterocycles. The normalized spacial score (nSPS) is 11.8. The van der Waals surface area contributed by atoms with Crippen LogP contribution < -0.4 is 18.9 Å². The molecule has 0 fully saturated rings. The summed E-state index contributed by atoms with van der Waals surface area (Å²) in [5, 5.41) is 0. The monoisotopic (exact) mass is 1840 g/mol. The van der Waals surface area contributed by atoms with Gasteiger partial charge in [-0.1, -0.05) is 256 Å². The highest BCUT2D eigenvalue weighted by atomic mass is 32.3. The zero-order valence-corrected chi connectivity index (χ0v) is 72.6. The highest BCUT2D eigenvalue weighted by Gasteiger charge is 2.20. The fraction of sp³-hybridized carbons (Fsp3) is 0.648. The average molecular weight is 1840 g/mol. The van der Waals surface area contributed by atoms with Gasteiger partial charge in [-0.2, -0.15) is 33.7 Å². The van der Waals surface area contributed by atoms with Crippen LogP contribution in [0.5, 0.6) is 23.0 Å². The first-order chi connectivity index (χ1) is 55.5. The van der Waals surface area contributed by atoms with E-state index in [4.69, 9.17) is 56.8 Å². The first-order valence-electron chi connectivity index (χ1n) is 39.4. The molecule has 0 bridgehead atoms. The topological polar surface area (TPSA) is 321 Å². The molecular formula is C91H166O28S4. The molecule has 123 heavy (non-hydrogen) atoms. The average Bonchev–Trinajstić information content (AvgIpc) is 1.30. The maximum atomic E-state index is 11.2. The summed E-state index contributed by atoms with van der Waals surface area (Å²) in [4.78, 5) is 0. The van der Waals surface area contributed by atoms with Gasteiger partial charge in [0.1, 0.15) is 73.8 Å². The van der Waals surface area contributed by atoms with E-state index in [9.17, 15) is 33.7 Å². The molecule has 0 amide bonds. The molecule has 0 saturated heterocycles. The second-order valence-corrected chi connectivity index (χ2v) is 31.4. The maximum absolute atomic E-state index is 11.2. The van der Waals surface area contributed by atoms with E-state index < -0.39 is 93.2 Å². The first kappa shape index (κ1) is 133. The van der Waals surface area contributed by atoms with Gasteiger partial charge in [-0.25, -0.2) is 16.7 Å². The second-order valence-electron chi connectivity index (χ2n) is 25.8. The van der Waals surface area contributed by atoms with E-state index in [1.165, 1.54) is 131 Å². The van der Waals surface area contributed by atoms with E-state index in [1.54, 1.807) is 24.3 Å². The smallest absolute Gasteiger partial charge is 0.401 e. The van der Waals surface area contributed by atoms with Crippen molar-refractivity contribution in [2.75, 3.05) is 135 Å². The van der Waals surface area contributed by atoms with E-state index in [1.807, 2.05) is 60.7 Å². The first-order valence-corrected chi connectivity index (χ1v) is 44.7. The Hall–Kier alpha value is -5.80. The Labute approximate surface area is 748 Å². The van der Waals surface area contributed by atoms with Crippen molar-refractivity contribution in [1.82, 2.24) is 0 Å². The molecular weight excluding hydrogens is 1670 g/mol. The quantitative estimate of drug-likeness (QED) is 0.0225. The standard InChI is InChI=1S/C23H38O7S.C22H36O7S.C20H32O7S.C18H28O7S.8CH4/c1-4-6-7-8-9-10-11-12-21-13-15-22(16-14-21)28-19-23(18-27-17-5-2)29-20-30-31(24,25)26-3;1-4-6-7-8-9-10-11-20-12-14-21(15-13-20)27-18-22(17-26-16-5-2)28-19-29-30(23,24)25-3;1-4-6-7-8-9-18-10-12-19(13-11-18)25-16-20(15-24-14-5-2)26-17-27-28(21,22)23-3;1-4-6-7-16-8-10-17(11-9-16)23-14-18(13-22-12-5-2)24-15-25-26(19,20)21-3;;;;;;;;/h5,13-16,23H,2,4,6-12,17-20H2,1,3H3;5,12-15,22H,2,4,6-11,16-19H2,1,3H3;5,10-13,20H,2,4,6-9,14-17H2,1,3H3;5,8-11,18H,2,4,6-7,12-15H2,1,3H3;8*1H4. The number of benzene rings is 4. The minimum Gasteiger partial charge on any atom is -0.491 e. The molecule has 4 aromatic carbocycles. The SMILES string of the molecule is C.C.C.C.C.C.C.C.C=CCOCC(COc1ccc(CCCC)cc1)OCOS(=O)(=O)OC.C=CCOCC(COc1ccc(CCCCCC)cc1)OCOS(=O)(=O)OC.C=CCOCC(COc1ccc(CCCCCCCC)cc1)OCOS(=O)(=O)OC.C=CCOCC(COc1ccc(CCCCCCCCC)cc1)OCOS(=O)(=O)OC. The number of hydrogen-bond donors (Lipinski definition) is 0. The van der Waals surface area contributed by atoms with Gasteiger partial charge in [0.25, 0.3) is 0 Å². The predicted molar refractivity (Wildman–Crippen MR) is 498 cm³/mol. The molecule has 0 radical (unpaired) electrons. The van der Waals surface area contributed by atoms with Crippen LogP contribution in [0.3, 0.4) is 0 Å². The fourth-order valence-corrected chi connectivity index (χ4v) is 11.0. The van der Waals surface area contributed by atoms with Gasteiger partial charge in [-0.3, -0.25) is 16.7 Å². The third-order valence-corrected chi connectivity index (χ3v) is 19.6. The van der Waals surface area contributed by atoms with Crippen molar-refractivity contribution in [3.8, 4) is 23.0 Å². The van der Waals surface area contributed by atoms with Crippen molar-refractivity contribution >= 4 is 41.6 Å². The number of aryl methyl sites for hydroxylation is 4. The Morgan fingerprint density at radius 3 is 0.626 bits per heavy atom. The molecule has 0 spiro atoms. The zero-order chi connectivity index (χ0) is 84.8. The number of unbranched alkanes of at least 4 members (excludes halogenated alkanes) is 15. The lowest BCUT2D eigenvalue weighted by molar-refractivity contribution is -0.0838. The highest BCUT2D eigenvalue weighted by Crippen LogP contribution is 2.21. The van der Waals surface area contributed by atoms with Crippen molar-refractivity contribution in [2.45, 2.75) is 259 Å². The third-order valence-electron chi connectivity index (χ3n) is 16.4. The zero-order valence-electron chi connectivity index (χ0n) is 69.3. The van der Waals surface area contributed by atoms with Crippen LogP contribution in [-0.2, 0) is 139 Å². The van der Waals surface area contributed by atoms with Crippen LogP contribution in [0.1, 0.15) is 231 Å². The maximum Gasteiger partial charge on any atom is 0.401 e. The van der Waals surface area contributed by atoms with E-state index in [-0.39, 0.29) is 112 Å². The summed E-state index contributed by atoms with van der Waals surface area (Å²) >= 11 is 0. The van der Waals surface area contributed by atoms with Gasteiger partial charge in [-0.05, 0) is 122 Å². The summed E-state index contributed by atoms with van der Waals surface area (Å²) in [6.07, 6.45) is 32.7. The van der Waals surface area contributed by atoms with E-state index >= 15 is 0 Å².